The molecule has 7 heteroatoms. The van der Waals surface area contributed by atoms with E-state index >= 15 is 0 Å². The third-order valence-electron chi connectivity index (χ3n) is 2.72. The Morgan fingerprint density at radius 3 is 2.86 bits per heavy atom. The van der Waals surface area contributed by atoms with Gasteiger partial charge >= 0.3 is 5.69 Å². The average molecular weight is 288 g/mol. The number of nitrogens with zero attached hydrogens (tertiary/aromatic N) is 3. The number of aromatic nitrogens is 2. The second kappa shape index (κ2) is 7.18. The summed E-state index contributed by atoms with van der Waals surface area (Å²) in [6, 6.07) is 8.54. The summed E-state index contributed by atoms with van der Waals surface area (Å²) in [5.74, 6) is 0.574. The fourth-order valence-corrected chi connectivity index (χ4v) is 1.76. The average Bonchev–Trinajstić information content (AvgIpc) is 2.49. The molecule has 2 aromatic rings. The van der Waals surface area contributed by atoms with Gasteiger partial charge in [-0.25, -0.2) is 0 Å². The molecule has 110 valence electrons. The number of nitro groups is 1. The topological polar surface area (TPSA) is 90.2 Å². The quantitative estimate of drug-likeness (QED) is 0.621. The molecule has 0 fully saturated rings. The van der Waals surface area contributed by atoms with Crippen molar-refractivity contribution < 1.29 is 9.66 Å². The van der Waals surface area contributed by atoms with Gasteiger partial charge in [-0.15, -0.1) is 0 Å². The minimum atomic E-state index is -0.501. The highest BCUT2D eigenvalue weighted by Gasteiger charge is 2.17. The van der Waals surface area contributed by atoms with Crippen molar-refractivity contribution in [2.24, 2.45) is 0 Å². The lowest BCUT2D eigenvalue weighted by molar-refractivity contribution is -0.386. The Morgan fingerprint density at radius 2 is 2.19 bits per heavy atom. The first-order valence-electron chi connectivity index (χ1n) is 6.62. The highest BCUT2D eigenvalue weighted by Crippen LogP contribution is 2.26. The SMILES string of the molecule is CCNc1ccc([N+](=O)[O-])c(OCCc2ccccn2)n1. The summed E-state index contributed by atoms with van der Waals surface area (Å²) in [4.78, 5) is 18.8. The zero-order valence-electron chi connectivity index (χ0n) is 11.7. The molecule has 0 spiro atoms. The molecule has 0 unspecified atom stereocenters. The van der Waals surface area contributed by atoms with Crippen LogP contribution in [0.3, 0.4) is 0 Å². The van der Waals surface area contributed by atoms with Crippen LogP contribution < -0.4 is 10.1 Å². The highest BCUT2D eigenvalue weighted by atomic mass is 16.6. The fraction of sp³-hybridized carbons (Fsp3) is 0.286. The van der Waals surface area contributed by atoms with Gasteiger partial charge in [0, 0.05) is 30.9 Å². The minimum Gasteiger partial charge on any atom is -0.472 e. The molecule has 0 saturated heterocycles. The van der Waals surface area contributed by atoms with Gasteiger partial charge < -0.3 is 10.1 Å². The number of hydrogen-bond donors (Lipinski definition) is 1. The van der Waals surface area contributed by atoms with Crippen LogP contribution in [0, 0.1) is 10.1 Å². The van der Waals surface area contributed by atoms with Crippen LogP contribution in [0.15, 0.2) is 36.5 Å². The molecule has 1 N–H and O–H groups in total. The maximum Gasteiger partial charge on any atom is 0.331 e. The molecule has 0 aliphatic heterocycles. The lowest BCUT2D eigenvalue weighted by atomic mass is 10.3. The molecule has 0 aliphatic rings. The van der Waals surface area contributed by atoms with Crippen molar-refractivity contribution in [3.05, 3.63) is 52.3 Å². The van der Waals surface area contributed by atoms with Crippen LogP contribution in [0.5, 0.6) is 5.88 Å². The van der Waals surface area contributed by atoms with Crippen molar-refractivity contribution in [3.63, 3.8) is 0 Å². The molecule has 2 aromatic heterocycles. The van der Waals surface area contributed by atoms with Gasteiger partial charge in [0.25, 0.3) is 5.88 Å². The summed E-state index contributed by atoms with van der Waals surface area (Å²) < 4.78 is 5.46. The van der Waals surface area contributed by atoms with Crippen molar-refractivity contribution >= 4 is 11.5 Å². The second-order valence-corrected chi connectivity index (χ2v) is 4.23. The van der Waals surface area contributed by atoms with Crippen LogP contribution in [0.25, 0.3) is 0 Å². The molecule has 2 rings (SSSR count). The van der Waals surface area contributed by atoms with Gasteiger partial charge in [0.2, 0.25) is 0 Å². The molecule has 2 heterocycles. The number of anilines is 1. The van der Waals surface area contributed by atoms with Gasteiger partial charge in [0.1, 0.15) is 5.82 Å². The third-order valence-corrected chi connectivity index (χ3v) is 2.72. The molecule has 0 amide bonds. The van der Waals surface area contributed by atoms with Crippen molar-refractivity contribution in [1.82, 2.24) is 9.97 Å². The summed E-state index contributed by atoms with van der Waals surface area (Å²) >= 11 is 0. The second-order valence-electron chi connectivity index (χ2n) is 4.23. The minimum absolute atomic E-state index is 0.0226. The van der Waals surface area contributed by atoms with Crippen LogP contribution in [0.2, 0.25) is 0 Å². The zero-order valence-corrected chi connectivity index (χ0v) is 11.7. The number of nitrogens with one attached hydrogen (secondary N) is 1. The third kappa shape index (κ3) is 4.13. The van der Waals surface area contributed by atoms with E-state index in [2.05, 4.69) is 15.3 Å². The van der Waals surface area contributed by atoms with Crippen LogP contribution in [0.4, 0.5) is 11.5 Å². The van der Waals surface area contributed by atoms with Crippen molar-refractivity contribution in [2.75, 3.05) is 18.5 Å². The highest BCUT2D eigenvalue weighted by molar-refractivity contribution is 5.49. The van der Waals surface area contributed by atoms with E-state index in [0.29, 0.717) is 18.8 Å². The van der Waals surface area contributed by atoms with Crippen LogP contribution in [0.1, 0.15) is 12.6 Å². The first kappa shape index (κ1) is 14.7. The van der Waals surface area contributed by atoms with Gasteiger partial charge in [-0.05, 0) is 25.1 Å². The molecule has 0 saturated carbocycles. The molecule has 0 aliphatic carbocycles. The number of pyridine rings is 2. The molecule has 0 atom stereocenters. The van der Waals surface area contributed by atoms with E-state index < -0.39 is 4.92 Å². The summed E-state index contributed by atoms with van der Waals surface area (Å²) in [6.45, 7) is 2.88. The first-order valence-corrected chi connectivity index (χ1v) is 6.62. The number of hydrogen-bond acceptors (Lipinski definition) is 6. The largest absolute Gasteiger partial charge is 0.472 e. The van der Waals surface area contributed by atoms with Crippen LogP contribution in [-0.2, 0) is 6.42 Å². The monoisotopic (exact) mass is 288 g/mol. The van der Waals surface area contributed by atoms with Gasteiger partial charge in [-0.3, -0.25) is 15.1 Å². The molecular weight excluding hydrogens is 272 g/mol. The maximum atomic E-state index is 11.0. The lowest BCUT2D eigenvalue weighted by Gasteiger charge is -2.08. The first-order chi connectivity index (χ1) is 10.2. The summed E-state index contributed by atoms with van der Waals surface area (Å²) in [5.41, 5.74) is 0.723. The van der Waals surface area contributed by atoms with Crippen LogP contribution in [-0.4, -0.2) is 28.0 Å². The van der Waals surface area contributed by atoms with E-state index in [1.807, 2.05) is 25.1 Å². The summed E-state index contributed by atoms with van der Waals surface area (Å²) in [7, 11) is 0. The molecule has 21 heavy (non-hydrogen) atoms. The fourth-order valence-electron chi connectivity index (χ4n) is 1.76. The van der Waals surface area contributed by atoms with E-state index in [4.69, 9.17) is 4.74 Å². The molecular formula is C14H16N4O3. The summed E-state index contributed by atoms with van der Waals surface area (Å²) in [6.07, 6.45) is 2.26. The van der Waals surface area contributed by atoms with E-state index in [9.17, 15) is 10.1 Å². The van der Waals surface area contributed by atoms with Crippen molar-refractivity contribution in [3.8, 4) is 5.88 Å². The summed E-state index contributed by atoms with van der Waals surface area (Å²) in [5, 5.41) is 14.0. The van der Waals surface area contributed by atoms with E-state index in [-0.39, 0.29) is 18.2 Å². The Bertz CT molecular complexity index is 604. The lowest BCUT2D eigenvalue weighted by Crippen LogP contribution is -2.07. The maximum absolute atomic E-state index is 11.0. The Balaban J connectivity index is 2.06. The predicted octanol–water partition coefficient (Wildman–Crippen LogP) is 2.44. The Kier molecular flexibility index (Phi) is 5.03. The van der Waals surface area contributed by atoms with Crippen molar-refractivity contribution in [1.29, 1.82) is 0 Å². The van der Waals surface area contributed by atoms with Crippen LogP contribution >= 0.6 is 0 Å². The zero-order chi connectivity index (χ0) is 15.1. The molecule has 0 bridgehead atoms. The normalized spacial score (nSPS) is 10.1. The van der Waals surface area contributed by atoms with E-state index in [1.54, 1.807) is 12.3 Å². The molecule has 7 nitrogen and oxygen atoms in total. The van der Waals surface area contributed by atoms with Gasteiger partial charge in [-0.1, -0.05) is 6.07 Å². The molecule has 0 radical (unpaired) electrons. The standard InChI is InChI=1S/C14H16N4O3/c1-2-15-13-7-6-12(18(19)20)14(17-13)21-10-8-11-5-3-4-9-16-11/h3-7,9H,2,8,10H2,1H3,(H,15,17). The number of rotatable bonds is 7. The predicted molar refractivity (Wildman–Crippen MR) is 78.5 cm³/mol. The van der Waals surface area contributed by atoms with E-state index in [1.165, 1.54) is 6.07 Å². The van der Waals surface area contributed by atoms with Gasteiger partial charge in [0.05, 0.1) is 11.5 Å². The Labute approximate surface area is 122 Å². The van der Waals surface area contributed by atoms with Gasteiger partial charge in [0.15, 0.2) is 0 Å². The van der Waals surface area contributed by atoms with Crippen molar-refractivity contribution in [2.45, 2.75) is 13.3 Å². The number of ether oxygens (including phenoxy) is 1. The molecule has 0 aromatic carbocycles. The van der Waals surface area contributed by atoms with E-state index in [0.717, 1.165) is 5.69 Å². The smallest absolute Gasteiger partial charge is 0.331 e. The Hall–Kier alpha value is -2.70. The van der Waals surface area contributed by atoms with Gasteiger partial charge in [-0.2, -0.15) is 4.98 Å². The Morgan fingerprint density at radius 1 is 1.33 bits per heavy atom.